The van der Waals surface area contributed by atoms with Gasteiger partial charge in [0, 0.05) is 20.0 Å². The van der Waals surface area contributed by atoms with Crippen molar-refractivity contribution in [3.63, 3.8) is 0 Å². The average Bonchev–Trinajstić information content (AvgIpc) is 3.00. The van der Waals surface area contributed by atoms with Gasteiger partial charge in [0.25, 0.3) is 0 Å². The van der Waals surface area contributed by atoms with Gasteiger partial charge in [0.15, 0.2) is 5.76 Å². The van der Waals surface area contributed by atoms with Crippen LogP contribution in [0.4, 0.5) is 0 Å². The number of hydrogen-bond acceptors (Lipinski definition) is 6. The first-order chi connectivity index (χ1) is 8.87. The molecule has 0 bridgehead atoms. The lowest BCUT2D eigenvalue weighted by Gasteiger charge is -2.17. The number of hydrogen-bond donors (Lipinski definition) is 0. The molecule has 0 aromatic heterocycles. The number of carbonyl (C=O) groups is 3. The van der Waals surface area contributed by atoms with E-state index in [0.29, 0.717) is 0 Å². The zero-order valence-electron chi connectivity index (χ0n) is 10.6. The van der Waals surface area contributed by atoms with Gasteiger partial charge in [-0.3, -0.25) is 14.4 Å². The van der Waals surface area contributed by atoms with E-state index < -0.39 is 34.1 Å². The third kappa shape index (κ3) is 2.01. The van der Waals surface area contributed by atoms with Crippen LogP contribution in [0.5, 0.6) is 0 Å². The molecule has 2 rings (SSSR count). The van der Waals surface area contributed by atoms with Crippen LogP contribution in [-0.2, 0) is 28.6 Å². The monoisotopic (exact) mass is 332 g/mol. The van der Waals surface area contributed by atoms with Crippen LogP contribution in [0.3, 0.4) is 0 Å². The highest BCUT2D eigenvalue weighted by molar-refractivity contribution is 9.10. The zero-order chi connectivity index (χ0) is 14.4. The fourth-order valence-electron chi connectivity index (χ4n) is 2.53. The Hall–Kier alpha value is -1.21. The summed E-state index contributed by atoms with van der Waals surface area (Å²) in [5, 5.41) is 0. The summed E-state index contributed by atoms with van der Waals surface area (Å²) in [4.78, 5) is 34.9. The Kier molecular flexibility index (Phi) is 3.53. The predicted octanol–water partition coefficient (Wildman–Crippen LogP) is 0.584. The van der Waals surface area contributed by atoms with E-state index in [4.69, 9.17) is 14.2 Å². The van der Waals surface area contributed by atoms with Crippen molar-refractivity contribution in [2.24, 2.45) is 11.8 Å². The van der Waals surface area contributed by atoms with Crippen LogP contribution >= 0.6 is 15.9 Å². The molecule has 0 radical (unpaired) electrons. The quantitative estimate of drug-likeness (QED) is 0.555. The van der Waals surface area contributed by atoms with Crippen molar-refractivity contribution in [2.75, 3.05) is 14.2 Å². The summed E-state index contributed by atoms with van der Waals surface area (Å²) in [5.74, 6) is -2.58. The summed E-state index contributed by atoms with van der Waals surface area (Å²) in [6.45, 7) is 1.20. The van der Waals surface area contributed by atoms with Crippen LogP contribution in [0.2, 0.25) is 0 Å². The molecular formula is C12H13BrO6. The second-order valence-electron chi connectivity index (χ2n) is 4.45. The largest absolute Gasteiger partial charge is 0.468 e. The molecule has 1 saturated carbocycles. The number of esters is 2. The summed E-state index contributed by atoms with van der Waals surface area (Å²) in [5.41, 5.74) is 0. The fourth-order valence-corrected chi connectivity index (χ4v) is 3.57. The maximum Gasteiger partial charge on any atom is 0.323 e. The van der Waals surface area contributed by atoms with Crippen LogP contribution in [0.25, 0.3) is 0 Å². The van der Waals surface area contributed by atoms with Crippen LogP contribution in [0, 0.1) is 11.8 Å². The van der Waals surface area contributed by atoms with Gasteiger partial charge in [0.2, 0.25) is 5.78 Å². The van der Waals surface area contributed by atoms with E-state index in [1.807, 2.05) is 0 Å². The smallest absolute Gasteiger partial charge is 0.323 e. The van der Waals surface area contributed by atoms with E-state index >= 15 is 0 Å². The van der Waals surface area contributed by atoms with Crippen LogP contribution < -0.4 is 0 Å². The lowest BCUT2D eigenvalue weighted by molar-refractivity contribution is -0.142. The van der Waals surface area contributed by atoms with Crippen molar-refractivity contribution in [1.82, 2.24) is 0 Å². The Labute approximate surface area is 118 Å². The molecule has 0 aliphatic heterocycles. The van der Waals surface area contributed by atoms with Gasteiger partial charge >= 0.3 is 11.9 Å². The van der Waals surface area contributed by atoms with Gasteiger partial charge in [-0.15, -0.1) is 0 Å². The summed E-state index contributed by atoms with van der Waals surface area (Å²) < 4.78 is 13.7. The van der Waals surface area contributed by atoms with Gasteiger partial charge < -0.3 is 14.2 Å². The summed E-state index contributed by atoms with van der Waals surface area (Å²) in [6.07, 6.45) is 0.937. The molecule has 0 amide bonds. The molecule has 1 fully saturated rings. The Bertz CT molecular complexity index is 485. The highest BCUT2D eigenvalue weighted by Crippen LogP contribution is 2.63. The van der Waals surface area contributed by atoms with Crippen LogP contribution in [0.1, 0.15) is 6.92 Å². The molecule has 6 nitrogen and oxygen atoms in total. The van der Waals surface area contributed by atoms with Crippen molar-refractivity contribution in [1.29, 1.82) is 0 Å². The minimum atomic E-state index is -1.10. The lowest BCUT2D eigenvalue weighted by atomic mass is 10.0. The van der Waals surface area contributed by atoms with Crippen molar-refractivity contribution in [2.45, 2.75) is 17.4 Å². The van der Waals surface area contributed by atoms with Gasteiger partial charge in [0.05, 0.1) is 19.1 Å². The molecule has 0 aromatic carbocycles. The van der Waals surface area contributed by atoms with Gasteiger partial charge in [-0.1, -0.05) is 15.9 Å². The molecule has 7 heteroatoms. The molecule has 0 heterocycles. The maximum atomic E-state index is 12.2. The standard InChI is InChI=1S/C12H13BrO6/c1-5(14)19-7-4-6(17-2)8-9(10(7)15)12(8,13)11(16)18-3/h4,6,8-9H,1-3H3/t6-,8+,9+,12-/m1/s1. The highest BCUT2D eigenvalue weighted by atomic mass is 79.9. The van der Waals surface area contributed by atoms with E-state index in [0.717, 1.165) is 0 Å². The van der Waals surface area contributed by atoms with E-state index in [2.05, 4.69) is 15.9 Å². The van der Waals surface area contributed by atoms with Gasteiger partial charge in [-0.2, -0.15) is 0 Å². The lowest BCUT2D eigenvalue weighted by Crippen LogP contribution is -2.25. The molecule has 0 saturated heterocycles. The third-order valence-corrected chi connectivity index (χ3v) is 4.75. The molecule has 0 N–H and O–H groups in total. The molecule has 0 aromatic rings. The minimum Gasteiger partial charge on any atom is -0.468 e. The molecule has 104 valence electrons. The number of carbonyl (C=O) groups excluding carboxylic acids is 3. The molecule has 0 spiro atoms. The first-order valence-electron chi connectivity index (χ1n) is 5.62. The second kappa shape index (κ2) is 4.72. The first-order valence-corrected chi connectivity index (χ1v) is 6.41. The van der Waals surface area contributed by atoms with E-state index in [9.17, 15) is 14.4 Å². The number of rotatable bonds is 3. The Morgan fingerprint density at radius 1 is 1.37 bits per heavy atom. The highest BCUT2D eigenvalue weighted by Gasteiger charge is 2.76. The fraction of sp³-hybridized carbons (Fsp3) is 0.583. The Balaban J connectivity index is 2.31. The molecule has 2 aliphatic rings. The second-order valence-corrected chi connectivity index (χ2v) is 5.76. The number of Topliss-reactive ketones (excluding diaryl/α,β-unsaturated/α-hetero) is 1. The van der Waals surface area contributed by atoms with Crippen molar-refractivity contribution >= 4 is 33.7 Å². The van der Waals surface area contributed by atoms with Crippen LogP contribution in [0.15, 0.2) is 11.8 Å². The number of ketones is 1. The van der Waals surface area contributed by atoms with E-state index in [1.165, 1.54) is 27.2 Å². The number of methoxy groups -OCH3 is 2. The summed E-state index contributed by atoms with van der Waals surface area (Å²) >= 11 is 3.27. The third-order valence-electron chi connectivity index (χ3n) is 3.41. The van der Waals surface area contributed by atoms with Crippen molar-refractivity contribution < 1.29 is 28.6 Å². The number of fused-ring (bicyclic) bond motifs is 1. The van der Waals surface area contributed by atoms with Crippen LogP contribution in [-0.4, -0.2) is 42.4 Å². The van der Waals surface area contributed by atoms with Gasteiger partial charge in [-0.25, -0.2) is 0 Å². The number of halogens is 1. The SMILES string of the molecule is COC(=O)[C@@]1(Br)[C@@H]2[C@H]1C(=O)C(OC(C)=O)=C[C@H]2OC. The number of ether oxygens (including phenoxy) is 3. The van der Waals surface area contributed by atoms with E-state index in [1.54, 1.807) is 0 Å². The maximum absolute atomic E-state index is 12.2. The minimum absolute atomic E-state index is 0.0779. The van der Waals surface area contributed by atoms with Gasteiger partial charge in [-0.05, 0) is 6.08 Å². The normalized spacial score (nSPS) is 36.1. The Morgan fingerprint density at radius 2 is 2.00 bits per heavy atom. The molecule has 4 atom stereocenters. The summed E-state index contributed by atoms with van der Waals surface area (Å²) in [7, 11) is 2.71. The summed E-state index contributed by atoms with van der Waals surface area (Å²) in [6, 6.07) is 0. The topological polar surface area (TPSA) is 78.9 Å². The molecule has 19 heavy (non-hydrogen) atoms. The van der Waals surface area contributed by atoms with Gasteiger partial charge in [0.1, 0.15) is 4.32 Å². The first kappa shape index (κ1) is 14.2. The Morgan fingerprint density at radius 3 is 2.47 bits per heavy atom. The predicted molar refractivity (Wildman–Crippen MR) is 66.3 cm³/mol. The molecule has 0 unspecified atom stereocenters. The van der Waals surface area contributed by atoms with Crippen molar-refractivity contribution in [3.8, 4) is 0 Å². The molecular weight excluding hydrogens is 320 g/mol. The molecule has 2 aliphatic carbocycles. The van der Waals surface area contributed by atoms with Crippen molar-refractivity contribution in [3.05, 3.63) is 11.8 Å². The number of alkyl halides is 1. The average molecular weight is 333 g/mol. The number of allylic oxidation sites excluding steroid dienone is 1. The van der Waals surface area contributed by atoms with E-state index in [-0.39, 0.29) is 11.7 Å². The zero-order valence-corrected chi connectivity index (χ0v) is 12.2.